The molecule has 2 aliphatic rings. The van der Waals surface area contributed by atoms with Gasteiger partial charge in [0.15, 0.2) is 5.82 Å². The zero-order chi connectivity index (χ0) is 26.5. The first-order valence-electron chi connectivity index (χ1n) is 13.0. The molecular formula is C28H34N6O4. The third-order valence-electron chi connectivity index (χ3n) is 6.90. The van der Waals surface area contributed by atoms with Gasteiger partial charge in [-0.25, -0.2) is 14.8 Å². The van der Waals surface area contributed by atoms with E-state index in [9.17, 15) is 4.79 Å². The molecule has 4 heterocycles. The average molecular weight is 519 g/mol. The minimum Gasteiger partial charge on any atom is -0.493 e. The second-order valence-corrected chi connectivity index (χ2v) is 9.68. The maximum absolute atomic E-state index is 11.9. The highest BCUT2D eigenvalue weighted by Gasteiger charge is 2.41. The number of amides is 2. The smallest absolute Gasteiger partial charge is 0.319 e. The number of nitrogens with one attached hydrogen (secondary N) is 2. The van der Waals surface area contributed by atoms with E-state index in [4.69, 9.17) is 24.2 Å². The zero-order valence-corrected chi connectivity index (χ0v) is 22.1. The number of rotatable bonds is 8. The molecule has 5 rings (SSSR count). The summed E-state index contributed by atoms with van der Waals surface area (Å²) in [6.07, 6.45) is 4.06. The van der Waals surface area contributed by atoms with Gasteiger partial charge in [-0.3, -0.25) is 4.98 Å². The topological polar surface area (TPSA) is 111 Å². The molecule has 2 atom stereocenters. The number of carbonyl (C=O) groups excluding carboxylic acids is 1. The van der Waals surface area contributed by atoms with Crippen molar-refractivity contribution in [3.05, 3.63) is 60.0 Å². The number of hydrogen-bond donors (Lipinski definition) is 2. The van der Waals surface area contributed by atoms with Crippen LogP contribution in [0.5, 0.6) is 5.75 Å². The summed E-state index contributed by atoms with van der Waals surface area (Å²) >= 11 is 0. The minimum absolute atomic E-state index is 0.182. The fourth-order valence-electron chi connectivity index (χ4n) is 4.78. The van der Waals surface area contributed by atoms with E-state index < -0.39 is 5.60 Å². The van der Waals surface area contributed by atoms with Crippen LogP contribution in [-0.4, -0.2) is 59.9 Å². The molecule has 2 N–H and O–H groups in total. The molecule has 0 saturated carbocycles. The van der Waals surface area contributed by atoms with Gasteiger partial charge in [-0.15, -0.1) is 0 Å². The van der Waals surface area contributed by atoms with Crippen molar-refractivity contribution in [2.45, 2.75) is 45.4 Å². The second kappa shape index (κ2) is 11.3. The molecule has 0 bridgehead atoms. The summed E-state index contributed by atoms with van der Waals surface area (Å²) in [5.41, 5.74) is 2.84. The van der Waals surface area contributed by atoms with E-state index in [1.165, 1.54) is 0 Å². The Kier molecular flexibility index (Phi) is 7.71. The third kappa shape index (κ3) is 5.56. The fourth-order valence-corrected chi connectivity index (χ4v) is 4.78. The van der Waals surface area contributed by atoms with Gasteiger partial charge >= 0.3 is 6.03 Å². The molecule has 10 nitrogen and oxygen atoms in total. The van der Waals surface area contributed by atoms with Gasteiger partial charge in [-0.1, -0.05) is 0 Å². The summed E-state index contributed by atoms with van der Waals surface area (Å²) in [6, 6.07) is 11.2. The number of morpholine rings is 1. The lowest BCUT2D eigenvalue weighted by atomic mass is 9.96. The monoisotopic (exact) mass is 518 g/mol. The van der Waals surface area contributed by atoms with E-state index >= 15 is 0 Å². The standard InChI is InChI=1S/C28H34N6O4/c1-4-30-27(35)31-21-7-5-20(6-8-21)25-32-24-23(26(33-25)34-14-16-36-17-19(34)2)18-38-28(24,3)11-15-37-22-9-12-29-13-10-22/h5-10,12-13,19H,4,11,14-18H2,1-3H3,(H2,30,31,35)/t19-,28+/m0/s1. The molecule has 2 aliphatic heterocycles. The molecule has 10 heteroatoms. The summed E-state index contributed by atoms with van der Waals surface area (Å²) in [7, 11) is 0. The molecule has 0 aliphatic carbocycles. The molecular weight excluding hydrogens is 484 g/mol. The molecule has 0 spiro atoms. The zero-order valence-electron chi connectivity index (χ0n) is 22.1. The van der Waals surface area contributed by atoms with Crippen LogP contribution in [0.4, 0.5) is 16.3 Å². The van der Waals surface area contributed by atoms with E-state index in [1.807, 2.05) is 43.3 Å². The van der Waals surface area contributed by atoms with Crippen LogP contribution in [0.1, 0.15) is 38.4 Å². The Balaban J connectivity index is 1.45. The highest BCUT2D eigenvalue weighted by Crippen LogP contribution is 2.43. The Morgan fingerprint density at radius 1 is 1.18 bits per heavy atom. The van der Waals surface area contributed by atoms with Crippen LogP contribution < -0.4 is 20.3 Å². The van der Waals surface area contributed by atoms with E-state index in [0.717, 1.165) is 34.9 Å². The van der Waals surface area contributed by atoms with Gasteiger partial charge < -0.3 is 29.7 Å². The van der Waals surface area contributed by atoms with Crippen LogP contribution in [0.2, 0.25) is 0 Å². The maximum atomic E-state index is 11.9. The number of fused-ring (bicyclic) bond motifs is 1. The summed E-state index contributed by atoms with van der Waals surface area (Å²) in [5.74, 6) is 2.28. The Morgan fingerprint density at radius 2 is 1.97 bits per heavy atom. The molecule has 1 aromatic carbocycles. The molecule has 2 aromatic heterocycles. The van der Waals surface area contributed by atoms with E-state index in [1.54, 1.807) is 12.4 Å². The van der Waals surface area contributed by atoms with Gasteiger partial charge in [-0.05, 0) is 57.2 Å². The normalized spacial score (nSPS) is 20.6. The van der Waals surface area contributed by atoms with Crippen molar-refractivity contribution in [1.29, 1.82) is 0 Å². The average Bonchev–Trinajstić information content (AvgIpc) is 3.26. The number of nitrogens with zero attached hydrogens (tertiary/aromatic N) is 4. The highest BCUT2D eigenvalue weighted by atomic mass is 16.5. The van der Waals surface area contributed by atoms with Crippen molar-refractivity contribution < 1.29 is 19.0 Å². The van der Waals surface area contributed by atoms with Gasteiger partial charge in [-0.2, -0.15) is 0 Å². The summed E-state index contributed by atoms with van der Waals surface area (Å²) in [6.45, 7) is 9.61. The van der Waals surface area contributed by atoms with Crippen LogP contribution in [0.15, 0.2) is 48.8 Å². The number of carbonyl (C=O) groups is 1. The number of urea groups is 1. The molecule has 2 amide bonds. The Labute approximate surface area is 222 Å². The van der Waals surface area contributed by atoms with Crippen LogP contribution in [-0.2, 0) is 21.7 Å². The number of pyridine rings is 1. The molecule has 3 aromatic rings. The molecule has 0 radical (unpaired) electrons. The van der Waals surface area contributed by atoms with Crippen molar-refractivity contribution in [2.24, 2.45) is 0 Å². The molecule has 0 unspecified atom stereocenters. The molecule has 1 fully saturated rings. The first-order valence-corrected chi connectivity index (χ1v) is 13.0. The number of ether oxygens (including phenoxy) is 3. The van der Waals surface area contributed by atoms with Crippen LogP contribution in [0.25, 0.3) is 11.4 Å². The van der Waals surface area contributed by atoms with Gasteiger partial charge in [0, 0.05) is 48.7 Å². The second-order valence-electron chi connectivity index (χ2n) is 9.68. The lowest BCUT2D eigenvalue weighted by molar-refractivity contribution is -0.0391. The van der Waals surface area contributed by atoms with Crippen LogP contribution in [0, 0.1) is 0 Å². The quantitative estimate of drug-likeness (QED) is 0.458. The Bertz CT molecular complexity index is 1260. The predicted molar refractivity (Wildman–Crippen MR) is 144 cm³/mol. The number of benzene rings is 1. The maximum Gasteiger partial charge on any atom is 0.319 e. The third-order valence-corrected chi connectivity index (χ3v) is 6.90. The minimum atomic E-state index is -0.621. The fraction of sp³-hybridized carbons (Fsp3) is 0.429. The lowest BCUT2D eigenvalue weighted by Crippen LogP contribution is -2.44. The first-order chi connectivity index (χ1) is 18.5. The first kappa shape index (κ1) is 25.9. The van der Waals surface area contributed by atoms with Crippen molar-refractivity contribution in [2.75, 3.05) is 43.1 Å². The Morgan fingerprint density at radius 3 is 2.71 bits per heavy atom. The number of hydrogen-bond acceptors (Lipinski definition) is 8. The molecule has 200 valence electrons. The molecule has 38 heavy (non-hydrogen) atoms. The number of anilines is 2. The molecule has 1 saturated heterocycles. The SMILES string of the molecule is CCNC(=O)Nc1ccc(-c2nc(N3CCOC[C@@H]3C)c3c(n2)[C@@](C)(CCOc2ccncc2)OC3)cc1. The van der Waals surface area contributed by atoms with Gasteiger partial charge in [0.1, 0.15) is 17.2 Å². The van der Waals surface area contributed by atoms with Gasteiger partial charge in [0.25, 0.3) is 0 Å². The largest absolute Gasteiger partial charge is 0.493 e. The predicted octanol–water partition coefficient (Wildman–Crippen LogP) is 4.12. The van der Waals surface area contributed by atoms with Crippen LogP contribution in [0.3, 0.4) is 0 Å². The van der Waals surface area contributed by atoms with Crippen molar-refractivity contribution in [1.82, 2.24) is 20.3 Å². The van der Waals surface area contributed by atoms with E-state index in [2.05, 4.69) is 34.4 Å². The summed E-state index contributed by atoms with van der Waals surface area (Å²) in [4.78, 5) is 28.3. The van der Waals surface area contributed by atoms with E-state index in [0.29, 0.717) is 50.9 Å². The van der Waals surface area contributed by atoms with Gasteiger partial charge in [0.2, 0.25) is 0 Å². The lowest BCUT2D eigenvalue weighted by Gasteiger charge is -2.35. The van der Waals surface area contributed by atoms with E-state index in [-0.39, 0.29) is 12.1 Å². The Hall–Kier alpha value is -3.76. The summed E-state index contributed by atoms with van der Waals surface area (Å²) in [5, 5.41) is 5.57. The van der Waals surface area contributed by atoms with Crippen molar-refractivity contribution in [3.8, 4) is 17.1 Å². The van der Waals surface area contributed by atoms with Gasteiger partial charge in [0.05, 0.1) is 38.2 Å². The van der Waals surface area contributed by atoms with Crippen molar-refractivity contribution >= 4 is 17.5 Å². The highest BCUT2D eigenvalue weighted by molar-refractivity contribution is 5.89. The van der Waals surface area contributed by atoms with Crippen molar-refractivity contribution in [3.63, 3.8) is 0 Å². The summed E-state index contributed by atoms with van der Waals surface area (Å²) < 4.78 is 18.0. The number of aromatic nitrogens is 3. The van der Waals surface area contributed by atoms with Crippen LogP contribution >= 0.6 is 0 Å².